The van der Waals surface area contributed by atoms with E-state index in [1.807, 2.05) is 30.3 Å². The number of carbonyl (C=O) groups excluding carboxylic acids is 2. The highest BCUT2D eigenvalue weighted by atomic mass is 16.3. The van der Waals surface area contributed by atoms with Gasteiger partial charge >= 0.3 is 0 Å². The van der Waals surface area contributed by atoms with Crippen molar-refractivity contribution in [2.24, 2.45) is 0 Å². The molecule has 0 unspecified atom stereocenters. The molecule has 0 aliphatic carbocycles. The number of hydrazine groups is 1. The summed E-state index contributed by atoms with van der Waals surface area (Å²) >= 11 is 0. The first-order chi connectivity index (χ1) is 13.1. The van der Waals surface area contributed by atoms with Crippen LogP contribution < -0.4 is 5.43 Å². The molecule has 0 radical (unpaired) electrons. The first-order valence-corrected chi connectivity index (χ1v) is 8.66. The van der Waals surface area contributed by atoms with Gasteiger partial charge in [0.15, 0.2) is 5.72 Å². The Morgan fingerprint density at radius 3 is 2.19 bits per heavy atom. The van der Waals surface area contributed by atoms with Gasteiger partial charge in [-0.05, 0) is 23.8 Å². The Kier molecular flexibility index (Phi) is 4.22. The van der Waals surface area contributed by atoms with Gasteiger partial charge in [-0.15, -0.1) is 0 Å². The molecule has 1 aliphatic heterocycles. The van der Waals surface area contributed by atoms with Crippen LogP contribution in [0.15, 0.2) is 84.9 Å². The van der Waals surface area contributed by atoms with E-state index in [9.17, 15) is 14.7 Å². The van der Waals surface area contributed by atoms with E-state index >= 15 is 0 Å². The van der Waals surface area contributed by atoms with Crippen molar-refractivity contribution in [3.8, 4) is 0 Å². The number of amides is 2. The van der Waals surface area contributed by atoms with E-state index in [1.54, 1.807) is 54.6 Å². The van der Waals surface area contributed by atoms with Crippen LogP contribution in [0, 0.1) is 0 Å². The summed E-state index contributed by atoms with van der Waals surface area (Å²) in [6.45, 7) is 0. The van der Waals surface area contributed by atoms with E-state index in [-0.39, 0.29) is 6.42 Å². The third-order valence-electron chi connectivity index (χ3n) is 4.70. The van der Waals surface area contributed by atoms with Gasteiger partial charge < -0.3 is 5.11 Å². The number of nitrogens with zero attached hydrogens (tertiary/aromatic N) is 1. The topological polar surface area (TPSA) is 69.6 Å². The fourth-order valence-electron chi connectivity index (χ4n) is 3.38. The smallest absolute Gasteiger partial charge is 0.275 e. The van der Waals surface area contributed by atoms with Crippen LogP contribution in [0.4, 0.5) is 0 Å². The molecule has 0 saturated carbocycles. The minimum absolute atomic E-state index is 0.158. The van der Waals surface area contributed by atoms with Crippen molar-refractivity contribution in [3.63, 3.8) is 0 Å². The van der Waals surface area contributed by atoms with Crippen molar-refractivity contribution in [2.75, 3.05) is 0 Å². The number of nitrogens with one attached hydrogen (secondary N) is 1. The van der Waals surface area contributed by atoms with Crippen LogP contribution in [-0.2, 0) is 12.1 Å². The van der Waals surface area contributed by atoms with Crippen LogP contribution in [0.2, 0.25) is 0 Å². The standard InChI is InChI=1S/C22H18N2O3/c25-20(17-11-5-2-6-12-17)23-24-21(26)18-13-7-8-14-19(18)22(24,27)15-16-9-3-1-4-10-16/h1-14,27H,15H2,(H,23,25)/t22-/m0/s1. The summed E-state index contributed by atoms with van der Waals surface area (Å²) in [5, 5.41) is 12.6. The molecule has 2 amide bonds. The molecule has 3 aromatic carbocycles. The number of rotatable bonds is 4. The number of hydrogen-bond acceptors (Lipinski definition) is 3. The van der Waals surface area contributed by atoms with E-state index in [1.165, 1.54) is 0 Å². The quantitative estimate of drug-likeness (QED) is 0.753. The van der Waals surface area contributed by atoms with Crippen molar-refractivity contribution in [1.82, 2.24) is 10.4 Å². The maximum atomic E-state index is 12.9. The second-order valence-electron chi connectivity index (χ2n) is 6.47. The van der Waals surface area contributed by atoms with E-state index in [0.717, 1.165) is 10.6 Å². The summed E-state index contributed by atoms with van der Waals surface area (Å²) in [5.74, 6) is -0.892. The summed E-state index contributed by atoms with van der Waals surface area (Å²) in [6, 6.07) is 24.8. The van der Waals surface area contributed by atoms with Crippen molar-refractivity contribution in [3.05, 3.63) is 107 Å². The van der Waals surface area contributed by atoms with Gasteiger partial charge in [0.25, 0.3) is 11.8 Å². The molecule has 2 N–H and O–H groups in total. The SMILES string of the molecule is O=C(NN1C(=O)c2ccccc2[C@@]1(O)Cc1ccccc1)c1ccccc1. The minimum Gasteiger partial charge on any atom is -0.365 e. The fourth-order valence-corrected chi connectivity index (χ4v) is 3.38. The van der Waals surface area contributed by atoms with Crippen molar-refractivity contribution in [2.45, 2.75) is 12.1 Å². The largest absolute Gasteiger partial charge is 0.365 e. The molecule has 4 rings (SSSR count). The molecule has 1 heterocycles. The molecule has 5 heteroatoms. The lowest BCUT2D eigenvalue weighted by Gasteiger charge is -2.34. The Bertz CT molecular complexity index is 989. The third-order valence-corrected chi connectivity index (χ3v) is 4.70. The van der Waals surface area contributed by atoms with Crippen molar-refractivity contribution < 1.29 is 14.7 Å². The molecule has 0 fully saturated rings. The van der Waals surface area contributed by atoms with Gasteiger partial charge in [0, 0.05) is 23.1 Å². The van der Waals surface area contributed by atoms with Gasteiger partial charge in [0.05, 0.1) is 0 Å². The molecule has 0 bridgehead atoms. The molecule has 0 aromatic heterocycles. The van der Waals surface area contributed by atoms with E-state index in [2.05, 4.69) is 5.43 Å². The zero-order valence-electron chi connectivity index (χ0n) is 14.5. The number of fused-ring (bicyclic) bond motifs is 1. The average molecular weight is 358 g/mol. The maximum Gasteiger partial charge on any atom is 0.275 e. The Hall–Kier alpha value is -3.44. The summed E-state index contributed by atoms with van der Waals surface area (Å²) in [5.41, 5.74) is 3.04. The predicted molar refractivity (Wildman–Crippen MR) is 101 cm³/mol. The summed E-state index contributed by atoms with van der Waals surface area (Å²) in [7, 11) is 0. The predicted octanol–water partition coefficient (Wildman–Crippen LogP) is 2.88. The van der Waals surface area contributed by atoms with Gasteiger partial charge in [-0.2, -0.15) is 0 Å². The first-order valence-electron chi connectivity index (χ1n) is 8.66. The molecule has 0 saturated heterocycles. The number of aliphatic hydroxyl groups is 1. The summed E-state index contributed by atoms with van der Waals surface area (Å²) in [4.78, 5) is 25.5. The third kappa shape index (κ3) is 2.98. The number of benzene rings is 3. The monoisotopic (exact) mass is 358 g/mol. The van der Waals surface area contributed by atoms with Crippen LogP contribution >= 0.6 is 0 Å². The van der Waals surface area contributed by atoms with Gasteiger partial charge in [0.2, 0.25) is 0 Å². The van der Waals surface area contributed by atoms with Gasteiger partial charge in [0.1, 0.15) is 0 Å². The highest BCUT2D eigenvalue weighted by molar-refractivity contribution is 6.02. The molecule has 27 heavy (non-hydrogen) atoms. The van der Waals surface area contributed by atoms with Crippen LogP contribution in [0.3, 0.4) is 0 Å². The second kappa shape index (κ2) is 6.70. The van der Waals surface area contributed by atoms with Crippen LogP contribution in [0.5, 0.6) is 0 Å². The van der Waals surface area contributed by atoms with Crippen LogP contribution in [-0.4, -0.2) is 21.9 Å². The zero-order chi connectivity index (χ0) is 18.9. The molecular formula is C22H18N2O3. The molecular weight excluding hydrogens is 340 g/mol. The molecule has 1 atom stereocenters. The summed E-state index contributed by atoms with van der Waals surface area (Å²) < 4.78 is 0. The Labute approximate surface area is 156 Å². The highest BCUT2D eigenvalue weighted by Crippen LogP contribution is 2.38. The van der Waals surface area contributed by atoms with Crippen molar-refractivity contribution in [1.29, 1.82) is 0 Å². The fraction of sp³-hybridized carbons (Fsp3) is 0.0909. The number of hydrogen-bond donors (Lipinski definition) is 2. The first kappa shape index (κ1) is 17.0. The van der Waals surface area contributed by atoms with Crippen molar-refractivity contribution >= 4 is 11.8 Å². The molecule has 3 aromatic rings. The van der Waals surface area contributed by atoms with E-state index in [0.29, 0.717) is 16.7 Å². The second-order valence-corrected chi connectivity index (χ2v) is 6.47. The molecule has 0 spiro atoms. The van der Waals surface area contributed by atoms with E-state index < -0.39 is 17.5 Å². The number of carbonyl (C=O) groups is 2. The Morgan fingerprint density at radius 2 is 1.48 bits per heavy atom. The van der Waals surface area contributed by atoms with Gasteiger partial charge in [-0.1, -0.05) is 66.7 Å². The average Bonchev–Trinajstić information content (AvgIpc) is 2.91. The lowest BCUT2D eigenvalue weighted by Crippen LogP contribution is -2.55. The zero-order valence-corrected chi connectivity index (χ0v) is 14.5. The Balaban J connectivity index is 1.72. The summed E-state index contributed by atoms with van der Waals surface area (Å²) in [6.07, 6.45) is 0.158. The minimum atomic E-state index is -1.67. The highest BCUT2D eigenvalue weighted by Gasteiger charge is 2.49. The van der Waals surface area contributed by atoms with Gasteiger partial charge in [-0.3, -0.25) is 15.0 Å². The van der Waals surface area contributed by atoms with Crippen LogP contribution in [0.25, 0.3) is 0 Å². The molecule has 134 valence electrons. The normalized spacial score (nSPS) is 18.3. The van der Waals surface area contributed by atoms with Crippen LogP contribution in [0.1, 0.15) is 31.8 Å². The van der Waals surface area contributed by atoms with E-state index in [4.69, 9.17) is 0 Å². The maximum absolute atomic E-state index is 12.9. The molecule has 1 aliphatic rings. The Morgan fingerprint density at radius 1 is 0.889 bits per heavy atom. The lowest BCUT2D eigenvalue weighted by molar-refractivity contribution is -0.102. The van der Waals surface area contributed by atoms with Gasteiger partial charge in [-0.25, -0.2) is 5.01 Å². The lowest BCUT2D eigenvalue weighted by atomic mass is 9.95. The molecule has 5 nitrogen and oxygen atoms in total.